The molecule has 1 aromatic carbocycles. The molecule has 0 saturated heterocycles. The standard InChI is InChI=1S/C16H17N3O4S/c1-10-9-24-15(17-10)7-14(20)19-18-11(2)12-4-3-5-13(6-12)23-8-16(21)22/h3-6,9H,7-8H2,1-2H3,(H,19,20)(H,21,22)/p-1/b18-11-. The number of benzene rings is 1. The van der Waals surface area contributed by atoms with E-state index in [-0.39, 0.29) is 12.3 Å². The topological polar surface area (TPSA) is 104 Å². The number of carboxylic acids is 1. The largest absolute Gasteiger partial charge is 0.546 e. The molecule has 0 aliphatic rings. The van der Waals surface area contributed by atoms with Crippen LogP contribution < -0.4 is 15.3 Å². The fraction of sp³-hybridized carbons (Fsp3) is 0.250. The molecule has 0 bridgehead atoms. The van der Waals surface area contributed by atoms with Gasteiger partial charge in [-0.1, -0.05) is 12.1 Å². The van der Waals surface area contributed by atoms with E-state index in [1.54, 1.807) is 31.2 Å². The number of nitrogens with one attached hydrogen (secondary N) is 1. The molecule has 1 N–H and O–H groups in total. The lowest BCUT2D eigenvalue weighted by Gasteiger charge is -2.08. The molecule has 0 fully saturated rings. The third-order valence-electron chi connectivity index (χ3n) is 2.94. The number of amides is 1. The van der Waals surface area contributed by atoms with Crippen molar-refractivity contribution in [2.45, 2.75) is 20.3 Å². The Hall–Kier alpha value is -2.74. The van der Waals surface area contributed by atoms with Crippen molar-refractivity contribution in [3.63, 3.8) is 0 Å². The lowest BCUT2D eigenvalue weighted by molar-refractivity contribution is -0.307. The molecule has 0 aliphatic carbocycles. The van der Waals surface area contributed by atoms with Crippen LogP contribution in [0.2, 0.25) is 0 Å². The number of nitrogens with zero attached hydrogens (tertiary/aromatic N) is 2. The molecule has 126 valence electrons. The van der Waals surface area contributed by atoms with Gasteiger partial charge in [0.15, 0.2) is 0 Å². The summed E-state index contributed by atoms with van der Waals surface area (Å²) in [4.78, 5) is 26.5. The molecule has 0 spiro atoms. The predicted molar refractivity (Wildman–Crippen MR) is 87.9 cm³/mol. The highest BCUT2D eigenvalue weighted by molar-refractivity contribution is 7.09. The van der Waals surface area contributed by atoms with E-state index >= 15 is 0 Å². The third-order valence-corrected chi connectivity index (χ3v) is 3.90. The van der Waals surface area contributed by atoms with Gasteiger partial charge in [0, 0.05) is 16.6 Å². The van der Waals surface area contributed by atoms with Crippen LogP contribution in [0.1, 0.15) is 23.2 Å². The van der Waals surface area contributed by atoms with Gasteiger partial charge in [-0.2, -0.15) is 5.10 Å². The number of aryl methyl sites for hydroxylation is 1. The van der Waals surface area contributed by atoms with Gasteiger partial charge in [-0.25, -0.2) is 10.4 Å². The zero-order valence-electron chi connectivity index (χ0n) is 13.2. The fourth-order valence-corrected chi connectivity index (χ4v) is 2.60. The highest BCUT2D eigenvalue weighted by atomic mass is 32.1. The zero-order chi connectivity index (χ0) is 17.5. The van der Waals surface area contributed by atoms with Gasteiger partial charge in [0.2, 0.25) is 5.91 Å². The van der Waals surface area contributed by atoms with E-state index in [0.29, 0.717) is 17.0 Å². The van der Waals surface area contributed by atoms with Gasteiger partial charge < -0.3 is 14.6 Å². The smallest absolute Gasteiger partial charge is 0.246 e. The summed E-state index contributed by atoms with van der Waals surface area (Å²) in [6.45, 7) is 3.07. The zero-order valence-corrected chi connectivity index (χ0v) is 14.1. The van der Waals surface area contributed by atoms with Crippen LogP contribution in [0.25, 0.3) is 0 Å². The Morgan fingerprint density at radius 2 is 2.21 bits per heavy atom. The molecule has 0 atom stereocenters. The van der Waals surface area contributed by atoms with Crippen LogP contribution in [0.4, 0.5) is 0 Å². The molecule has 0 aliphatic heterocycles. The molecule has 8 heteroatoms. The maximum atomic E-state index is 11.9. The first-order valence-electron chi connectivity index (χ1n) is 7.11. The normalized spacial score (nSPS) is 11.2. The summed E-state index contributed by atoms with van der Waals surface area (Å²) in [6.07, 6.45) is 0.171. The maximum Gasteiger partial charge on any atom is 0.246 e. The number of hydrazone groups is 1. The molecule has 1 amide bonds. The highest BCUT2D eigenvalue weighted by Gasteiger charge is 2.07. The van der Waals surface area contributed by atoms with Crippen molar-refractivity contribution < 1.29 is 19.4 Å². The van der Waals surface area contributed by atoms with Crippen LogP contribution in [0, 0.1) is 6.92 Å². The number of aromatic nitrogens is 1. The molecule has 7 nitrogen and oxygen atoms in total. The van der Waals surface area contributed by atoms with Crippen LogP contribution in [-0.4, -0.2) is 29.2 Å². The van der Waals surface area contributed by atoms with E-state index in [1.165, 1.54) is 11.3 Å². The summed E-state index contributed by atoms with van der Waals surface area (Å²) in [5.74, 6) is -1.17. The van der Waals surface area contributed by atoms with E-state index in [0.717, 1.165) is 10.7 Å². The molecule has 24 heavy (non-hydrogen) atoms. The second-order valence-corrected chi connectivity index (χ2v) is 5.92. The minimum Gasteiger partial charge on any atom is -0.546 e. The van der Waals surface area contributed by atoms with Crippen LogP contribution in [0.15, 0.2) is 34.7 Å². The second kappa shape index (κ2) is 8.21. The van der Waals surface area contributed by atoms with E-state index in [9.17, 15) is 14.7 Å². The average Bonchev–Trinajstić information content (AvgIpc) is 2.95. The van der Waals surface area contributed by atoms with Crippen molar-refractivity contribution in [3.8, 4) is 5.75 Å². The molecule has 2 aromatic rings. The lowest BCUT2D eigenvalue weighted by Crippen LogP contribution is -2.28. The first-order chi connectivity index (χ1) is 11.4. The first-order valence-corrected chi connectivity index (χ1v) is 7.99. The van der Waals surface area contributed by atoms with Gasteiger partial charge in [0.25, 0.3) is 0 Å². The molecular weight excluding hydrogens is 330 g/mol. The molecule has 0 saturated carbocycles. The van der Waals surface area contributed by atoms with Crippen molar-refractivity contribution in [2.24, 2.45) is 5.10 Å². The fourth-order valence-electron chi connectivity index (χ4n) is 1.82. The van der Waals surface area contributed by atoms with Gasteiger partial charge in [0.1, 0.15) is 17.4 Å². The number of carboxylic acid groups (broad SMARTS) is 1. The van der Waals surface area contributed by atoms with Crippen LogP contribution in [0.3, 0.4) is 0 Å². The number of carbonyl (C=O) groups is 2. The maximum absolute atomic E-state index is 11.9. The molecular formula is C16H16N3O4S-. The van der Waals surface area contributed by atoms with Gasteiger partial charge in [-0.3, -0.25) is 4.79 Å². The van der Waals surface area contributed by atoms with Crippen molar-refractivity contribution in [2.75, 3.05) is 6.61 Å². The minimum atomic E-state index is -1.30. The number of aliphatic carboxylic acids is 1. The van der Waals surface area contributed by atoms with E-state index in [1.807, 2.05) is 12.3 Å². The van der Waals surface area contributed by atoms with Crippen LogP contribution >= 0.6 is 11.3 Å². The van der Waals surface area contributed by atoms with Gasteiger partial charge in [-0.05, 0) is 26.0 Å². The number of hydrogen-bond donors (Lipinski definition) is 1. The molecule has 1 aromatic heterocycles. The second-order valence-electron chi connectivity index (χ2n) is 4.98. The van der Waals surface area contributed by atoms with Crippen LogP contribution in [-0.2, 0) is 16.0 Å². The van der Waals surface area contributed by atoms with Crippen molar-refractivity contribution in [1.82, 2.24) is 10.4 Å². The van der Waals surface area contributed by atoms with E-state index < -0.39 is 12.6 Å². The van der Waals surface area contributed by atoms with Gasteiger partial charge >= 0.3 is 0 Å². The summed E-state index contributed by atoms with van der Waals surface area (Å²) in [7, 11) is 0. The third kappa shape index (κ3) is 5.47. The Morgan fingerprint density at radius 1 is 1.42 bits per heavy atom. The van der Waals surface area contributed by atoms with Gasteiger partial charge in [-0.15, -0.1) is 11.3 Å². The average molecular weight is 346 g/mol. The van der Waals surface area contributed by atoms with Crippen molar-refractivity contribution in [1.29, 1.82) is 0 Å². The van der Waals surface area contributed by atoms with E-state index in [2.05, 4.69) is 15.5 Å². The molecule has 0 radical (unpaired) electrons. The number of carbonyl (C=O) groups excluding carboxylic acids is 2. The number of rotatable bonds is 7. The Morgan fingerprint density at radius 3 is 2.88 bits per heavy atom. The quantitative estimate of drug-likeness (QED) is 0.586. The summed E-state index contributed by atoms with van der Waals surface area (Å²) in [5, 5.41) is 17.1. The highest BCUT2D eigenvalue weighted by Crippen LogP contribution is 2.14. The minimum absolute atomic E-state index is 0.171. The number of hydrogen-bond acceptors (Lipinski definition) is 7. The summed E-state index contributed by atoms with van der Waals surface area (Å²) >= 11 is 1.43. The monoisotopic (exact) mass is 346 g/mol. The van der Waals surface area contributed by atoms with Crippen LogP contribution in [0.5, 0.6) is 5.75 Å². The summed E-state index contributed by atoms with van der Waals surface area (Å²) < 4.78 is 5.05. The SMILES string of the molecule is C/C(=N/NC(=O)Cc1nc(C)cs1)c1cccc(OCC(=O)[O-])c1. The lowest BCUT2D eigenvalue weighted by atomic mass is 10.1. The molecule has 0 unspecified atom stereocenters. The molecule has 2 rings (SSSR count). The Labute approximate surface area is 143 Å². The predicted octanol–water partition coefficient (Wildman–Crippen LogP) is 0.663. The summed E-state index contributed by atoms with van der Waals surface area (Å²) in [6, 6.07) is 6.75. The van der Waals surface area contributed by atoms with Crippen molar-refractivity contribution in [3.05, 3.63) is 45.9 Å². The van der Waals surface area contributed by atoms with E-state index in [4.69, 9.17) is 4.74 Å². The Bertz CT molecular complexity index is 770. The molecule has 1 heterocycles. The van der Waals surface area contributed by atoms with Gasteiger partial charge in [0.05, 0.1) is 18.1 Å². The Balaban J connectivity index is 1.95. The van der Waals surface area contributed by atoms with Crippen molar-refractivity contribution >= 4 is 28.9 Å². The number of ether oxygens (including phenoxy) is 1. The Kier molecular flexibility index (Phi) is 6.02. The summed E-state index contributed by atoms with van der Waals surface area (Å²) in [5.41, 5.74) is 4.64. The first kappa shape index (κ1) is 17.6. The number of thiazole rings is 1.